The Morgan fingerprint density at radius 1 is 1.27 bits per heavy atom. The van der Waals surface area contributed by atoms with E-state index >= 15 is 0 Å². The van der Waals surface area contributed by atoms with Crippen molar-refractivity contribution >= 4 is 60.8 Å². The molecule has 0 atom stereocenters. The molecule has 3 N–H and O–H groups in total. The van der Waals surface area contributed by atoms with Crippen molar-refractivity contribution < 1.29 is 32.1 Å². The number of alkyl halides is 3. The van der Waals surface area contributed by atoms with Crippen molar-refractivity contribution in [3.63, 3.8) is 0 Å². The van der Waals surface area contributed by atoms with Crippen LogP contribution in [0.4, 0.5) is 29.1 Å². The number of hydrogen-bond acceptors (Lipinski definition) is 7. The third kappa shape index (κ3) is 5.01. The van der Waals surface area contributed by atoms with Gasteiger partial charge in [-0.3, -0.25) is 9.59 Å². The molecule has 3 heterocycles. The Bertz CT molecular complexity index is 1580. The molecule has 0 saturated heterocycles. The third-order valence-electron chi connectivity index (χ3n) is 5.18. The fourth-order valence-electron chi connectivity index (χ4n) is 3.49. The van der Waals surface area contributed by atoms with Crippen molar-refractivity contribution in [3.05, 3.63) is 67.0 Å². The van der Waals surface area contributed by atoms with Crippen LogP contribution in [0, 0.1) is 22.9 Å². The highest BCUT2D eigenvalue weighted by Gasteiger charge is 2.35. The number of anilines is 1. The predicted molar refractivity (Wildman–Crippen MR) is 128 cm³/mol. The van der Waals surface area contributed by atoms with Crippen LogP contribution in [0.1, 0.15) is 21.1 Å². The Kier molecular flexibility index (Phi) is 6.72. The zero-order valence-electron chi connectivity index (χ0n) is 18.4. The molecule has 0 radical (unpaired) electrons. The van der Waals surface area contributed by atoms with E-state index in [9.17, 15) is 37.3 Å². The number of carbonyl (C=O) groups is 2. The number of nitrogens with two attached hydrogens (primary N) is 1. The highest BCUT2D eigenvalue weighted by atomic mass is 79.9. The van der Waals surface area contributed by atoms with Crippen LogP contribution in [-0.4, -0.2) is 31.5 Å². The van der Waals surface area contributed by atoms with E-state index in [0.29, 0.717) is 11.3 Å². The highest BCUT2D eigenvalue weighted by molar-refractivity contribution is 9.10. The van der Waals surface area contributed by atoms with E-state index in [1.165, 1.54) is 19.1 Å². The number of fused-ring (bicyclic) bond motifs is 1. The molecule has 37 heavy (non-hydrogen) atoms. The van der Waals surface area contributed by atoms with Gasteiger partial charge in [-0.05, 0) is 57.1 Å². The van der Waals surface area contributed by atoms with Gasteiger partial charge in [0.25, 0.3) is 5.91 Å². The average Bonchev–Trinajstić information content (AvgIpc) is 3.31. The second-order valence-corrected chi connectivity index (χ2v) is 9.39. The van der Waals surface area contributed by atoms with Crippen molar-refractivity contribution in [2.24, 2.45) is 5.73 Å². The van der Waals surface area contributed by atoms with E-state index < -0.39 is 46.8 Å². The average molecular weight is 601 g/mol. The zero-order valence-corrected chi connectivity index (χ0v) is 20.8. The molecule has 0 aliphatic carbocycles. The molecule has 192 valence electrons. The molecule has 4 aromatic rings. The highest BCUT2D eigenvalue weighted by Crippen LogP contribution is 2.43. The van der Waals surface area contributed by atoms with Gasteiger partial charge in [-0.25, -0.2) is 9.37 Å². The Labute approximate surface area is 216 Å². The number of amides is 2. The molecule has 1 aromatic carbocycles. The number of benzene rings is 1. The minimum Gasteiger partial charge on any atom is -0.365 e. The first-order chi connectivity index (χ1) is 17.3. The Morgan fingerprint density at radius 2 is 1.92 bits per heavy atom. The van der Waals surface area contributed by atoms with E-state index in [0.717, 1.165) is 22.9 Å². The Balaban J connectivity index is 1.86. The van der Waals surface area contributed by atoms with Gasteiger partial charge in [0.15, 0.2) is 0 Å². The smallest absolute Gasteiger partial charge is 0.365 e. The van der Waals surface area contributed by atoms with Gasteiger partial charge in [-0.2, -0.15) is 17.9 Å². The molecule has 0 bridgehead atoms. The quantitative estimate of drug-likeness (QED) is 0.180. The fourth-order valence-corrected chi connectivity index (χ4v) is 4.92. The van der Waals surface area contributed by atoms with E-state index in [1.807, 2.05) is 0 Å². The van der Waals surface area contributed by atoms with Crippen LogP contribution in [-0.2, 0) is 17.5 Å². The summed E-state index contributed by atoms with van der Waals surface area (Å²) < 4.78 is 55.4. The van der Waals surface area contributed by atoms with Crippen molar-refractivity contribution in [1.82, 2.24) is 14.8 Å². The largest absolute Gasteiger partial charge is 0.433 e. The summed E-state index contributed by atoms with van der Waals surface area (Å²) in [6.07, 6.45) is -4.84. The molecule has 3 aromatic heterocycles. The molecule has 0 spiro atoms. The molecule has 0 aliphatic rings. The zero-order chi connectivity index (χ0) is 27.2. The van der Waals surface area contributed by atoms with Gasteiger partial charge in [-0.1, -0.05) is 12.1 Å². The normalized spacial score (nSPS) is 11.6. The number of carbonyl (C=O) groups excluding carboxylic acids is 2. The van der Waals surface area contributed by atoms with Crippen LogP contribution in [0.25, 0.3) is 21.3 Å². The first-order valence-corrected chi connectivity index (χ1v) is 11.7. The van der Waals surface area contributed by atoms with Crippen LogP contribution in [0.3, 0.4) is 0 Å². The monoisotopic (exact) mass is 600 g/mol. The molecular weight excluding hydrogens is 588 g/mol. The second-order valence-electron chi connectivity index (χ2n) is 7.60. The van der Waals surface area contributed by atoms with Crippen molar-refractivity contribution in [2.45, 2.75) is 19.6 Å². The lowest BCUT2D eigenvalue weighted by atomic mass is 10.0. The molecule has 2 amide bonds. The summed E-state index contributed by atoms with van der Waals surface area (Å²) in [5, 5.41) is 17.3. The van der Waals surface area contributed by atoms with Crippen LogP contribution >= 0.6 is 27.3 Å². The fraction of sp³-hybridized carbons (Fsp3) is 0.143. The number of primary amides is 1. The number of thiophene rings is 1. The lowest BCUT2D eigenvalue weighted by Gasteiger charge is -2.12. The number of rotatable bonds is 6. The molecule has 0 aliphatic heterocycles. The molecule has 0 unspecified atom stereocenters. The molecule has 16 heteroatoms. The van der Waals surface area contributed by atoms with Gasteiger partial charge < -0.3 is 21.2 Å². The number of halogens is 5. The van der Waals surface area contributed by atoms with E-state index in [-0.39, 0.29) is 42.1 Å². The molecule has 0 saturated carbocycles. The molecule has 4 rings (SSSR count). The van der Waals surface area contributed by atoms with Crippen LogP contribution in [0.2, 0.25) is 0 Å². The van der Waals surface area contributed by atoms with Crippen LogP contribution in [0.15, 0.2) is 34.8 Å². The predicted octanol–water partition coefficient (Wildman–Crippen LogP) is 5.03. The van der Waals surface area contributed by atoms with Crippen molar-refractivity contribution in [3.8, 4) is 11.1 Å². The summed E-state index contributed by atoms with van der Waals surface area (Å²) in [5.74, 6) is -2.99. The minimum atomic E-state index is -4.84. The molecule has 0 fully saturated rings. The summed E-state index contributed by atoms with van der Waals surface area (Å²) in [6, 6.07) is 5.28. The van der Waals surface area contributed by atoms with Crippen molar-refractivity contribution in [2.75, 3.05) is 5.32 Å². The number of nitrogens with one attached hydrogen (secondary N) is 1. The van der Waals surface area contributed by atoms with Gasteiger partial charge in [0.1, 0.15) is 32.2 Å². The summed E-state index contributed by atoms with van der Waals surface area (Å²) in [7, 11) is 0. The maximum absolute atomic E-state index is 13.6. The van der Waals surface area contributed by atoms with Gasteiger partial charge >= 0.3 is 12.0 Å². The summed E-state index contributed by atoms with van der Waals surface area (Å²) >= 11 is 3.58. The second kappa shape index (κ2) is 9.51. The minimum absolute atomic E-state index is 0.0175. The first kappa shape index (κ1) is 26.2. The van der Waals surface area contributed by atoms with Crippen molar-refractivity contribution in [1.29, 1.82) is 0 Å². The van der Waals surface area contributed by atoms with Gasteiger partial charge in [0.2, 0.25) is 5.91 Å². The number of pyridine rings is 1. The topological polar surface area (TPSA) is 146 Å². The van der Waals surface area contributed by atoms with Gasteiger partial charge in [0, 0.05) is 5.39 Å². The first-order valence-electron chi connectivity index (χ1n) is 10.1. The van der Waals surface area contributed by atoms with Crippen LogP contribution < -0.4 is 11.1 Å². The Hall–Kier alpha value is -3.92. The van der Waals surface area contributed by atoms with Gasteiger partial charge in [0.05, 0.1) is 16.5 Å². The van der Waals surface area contributed by atoms with Gasteiger partial charge in [-0.15, -0.1) is 11.3 Å². The lowest BCUT2D eigenvalue weighted by molar-refractivity contribution is -0.390. The Morgan fingerprint density at radius 3 is 2.46 bits per heavy atom. The van der Waals surface area contributed by atoms with E-state index in [4.69, 9.17) is 5.73 Å². The number of nitrogens with zero attached hydrogens (tertiary/aromatic N) is 4. The maximum Gasteiger partial charge on any atom is 0.433 e. The maximum atomic E-state index is 13.6. The standard InChI is InChI=1S/C21H13BrF4N6O4S/c1-8-15(22)19(32(35)36)30-31(8)7-13(33)29-16-14-11(9-2-4-10(23)5-3-9)6-12(21(24,25)26)28-20(14)37-17(16)18(27)34/h2-6H,7H2,1H3,(H2,27,34)(H,29,33). The molecular formula is C21H13BrF4N6O4S. The SMILES string of the molecule is Cc1c(Br)c([N+](=O)[O-])nn1CC(=O)Nc1c(C(N)=O)sc2nc(C(F)(F)F)cc(-c3ccc(F)cc3)c12. The lowest BCUT2D eigenvalue weighted by Crippen LogP contribution is -2.22. The van der Waals surface area contributed by atoms with E-state index in [2.05, 4.69) is 31.3 Å². The third-order valence-corrected chi connectivity index (χ3v) is 7.21. The van der Waals surface area contributed by atoms with E-state index in [1.54, 1.807) is 0 Å². The van der Waals surface area contributed by atoms with Crippen LogP contribution in [0.5, 0.6) is 0 Å². The molecule has 10 nitrogen and oxygen atoms in total. The number of hydrogen-bond donors (Lipinski definition) is 2. The number of nitro groups is 1. The summed E-state index contributed by atoms with van der Waals surface area (Å²) in [4.78, 5) is 38.5. The summed E-state index contributed by atoms with van der Waals surface area (Å²) in [5.41, 5.74) is 4.32. The number of aromatic nitrogens is 3. The summed E-state index contributed by atoms with van der Waals surface area (Å²) in [6.45, 7) is 0.940.